The van der Waals surface area contributed by atoms with Crippen LogP contribution in [0.2, 0.25) is 0 Å². The number of fused-ring (bicyclic) bond motifs is 1. The zero-order chi connectivity index (χ0) is 8.39. The Balaban J connectivity index is 2.44. The van der Waals surface area contributed by atoms with E-state index in [9.17, 15) is 0 Å². The molecule has 0 unspecified atom stereocenters. The molecule has 4 nitrogen and oxygen atoms in total. The zero-order valence-electron chi connectivity index (χ0n) is 6.54. The number of hydrogen-bond acceptors (Lipinski definition) is 4. The third-order valence-corrected chi connectivity index (χ3v) is 1.96. The van der Waals surface area contributed by atoms with Crippen molar-refractivity contribution in [2.45, 2.75) is 19.5 Å². The minimum Gasteiger partial charge on any atom is -0.307 e. The van der Waals surface area contributed by atoms with Gasteiger partial charge in [-0.2, -0.15) is 5.26 Å². The van der Waals surface area contributed by atoms with Crippen LogP contribution in [0.4, 0.5) is 0 Å². The molecule has 0 spiro atoms. The number of aromatic nitrogens is 2. The first kappa shape index (κ1) is 7.19. The molecule has 0 bridgehead atoms. The van der Waals surface area contributed by atoms with Gasteiger partial charge in [0.25, 0.3) is 0 Å². The smallest absolute Gasteiger partial charge is 0.116 e. The van der Waals surface area contributed by atoms with Crippen molar-refractivity contribution in [1.82, 2.24) is 15.3 Å². The Morgan fingerprint density at radius 1 is 1.50 bits per heavy atom. The summed E-state index contributed by atoms with van der Waals surface area (Å²) < 4.78 is 0. The van der Waals surface area contributed by atoms with Crippen molar-refractivity contribution in [3.63, 3.8) is 0 Å². The van der Waals surface area contributed by atoms with Crippen LogP contribution in [-0.2, 0) is 19.5 Å². The molecule has 4 heteroatoms. The van der Waals surface area contributed by atoms with E-state index >= 15 is 0 Å². The van der Waals surface area contributed by atoms with E-state index in [1.807, 2.05) is 0 Å². The van der Waals surface area contributed by atoms with Crippen LogP contribution in [0.5, 0.6) is 0 Å². The average Bonchev–Trinajstić information content (AvgIpc) is 2.53. The van der Waals surface area contributed by atoms with E-state index < -0.39 is 0 Å². The maximum absolute atomic E-state index is 8.52. The highest BCUT2D eigenvalue weighted by Crippen LogP contribution is 2.15. The topological polar surface area (TPSA) is 61.6 Å². The second-order valence-electron chi connectivity index (χ2n) is 2.68. The highest BCUT2D eigenvalue weighted by molar-refractivity contribution is 5.29. The van der Waals surface area contributed by atoms with Crippen LogP contribution >= 0.6 is 0 Å². The van der Waals surface area contributed by atoms with Crippen molar-refractivity contribution in [2.75, 3.05) is 0 Å². The Labute approximate surface area is 70.3 Å². The molecule has 0 atom stereocenters. The zero-order valence-corrected chi connectivity index (χ0v) is 6.54. The van der Waals surface area contributed by atoms with Gasteiger partial charge < -0.3 is 5.32 Å². The molecule has 1 aliphatic rings. The Bertz CT molecular complexity index is 339. The molecule has 0 radical (unpaired) electrons. The number of nitrogens with one attached hydrogen (secondary N) is 1. The van der Waals surface area contributed by atoms with Gasteiger partial charge in [0.2, 0.25) is 0 Å². The molecule has 0 fully saturated rings. The average molecular weight is 160 g/mol. The molecule has 1 aromatic rings. The lowest BCUT2D eigenvalue weighted by Gasteiger charge is -1.99. The fraction of sp³-hybridized carbons (Fsp3) is 0.375. The lowest BCUT2D eigenvalue weighted by atomic mass is 10.1. The SMILES string of the molecule is N#CCc1ncnc2c1CNC2. The van der Waals surface area contributed by atoms with E-state index in [2.05, 4.69) is 21.4 Å². The van der Waals surface area contributed by atoms with Crippen molar-refractivity contribution in [3.05, 3.63) is 23.3 Å². The fourth-order valence-corrected chi connectivity index (χ4v) is 1.38. The third-order valence-electron chi connectivity index (χ3n) is 1.96. The molecule has 2 rings (SSSR count). The van der Waals surface area contributed by atoms with E-state index in [0.29, 0.717) is 6.42 Å². The van der Waals surface area contributed by atoms with Crippen molar-refractivity contribution < 1.29 is 0 Å². The molecule has 1 aliphatic heterocycles. The quantitative estimate of drug-likeness (QED) is 0.635. The van der Waals surface area contributed by atoms with Gasteiger partial charge in [-0.15, -0.1) is 0 Å². The van der Waals surface area contributed by atoms with Crippen molar-refractivity contribution >= 4 is 0 Å². The van der Waals surface area contributed by atoms with Gasteiger partial charge in [-0.05, 0) is 0 Å². The second kappa shape index (κ2) is 2.88. The summed E-state index contributed by atoms with van der Waals surface area (Å²) in [5.41, 5.74) is 3.02. The van der Waals surface area contributed by atoms with Crippen LogP contribution in [0.25, 0.3) is 0 Å². The lowest BCUT2D eigenvalue weighted by Crippen LogP contribution is -2.01. The van der Waals surface area contributed by atoms with Gasteiger partial charge in [-0.1, -0.05) is 0 Å². The van der Waals surface area contributed by atoms with E-state index in [4.69, 9.17) is 5.26 Å². The Hall–Kier alpha value is -1.47. The van der Waals surface area contributed by atoms with Gasteiger partial charge in [-0.25, -0.2) is 9.97 Å². The van der Waals surface area contributed by atoms with Gasteiger partial charge in [0.1, 0.15) is 6.33 Å². The van der Waals surface area contributed by atoms with Crippen molar-refractivity contribution in [3.8, 4) is 6.07 Å². The van der Waals surface area contributed by atoms with Crippen LogP contribution < -0.4 is 5.32 Å². The van der Waals surface area contributed by atoms with Crippen LogP contribution in [0.3, 0.4) is 0 Å². The predicted molar refractivity (Wildman–Crippen MR) is 41.9 cm³/mol. The standard InChI is InChI=1S/C8H8N4/c9-2-1-7-6-3-10-4-8(6)12-5-11-7/h5,10H,1,3-4H2. The van der Waals surface area contributed by atoms with Gasteiger partial charge >= 0.3 is 0 Å². The molecule has 0 aliphatic carbocycles. The third kappa shape index (κ3) is 1.04. The van der Waals surface area contributed by atoms with E-state index in [1.165, 1.54) is 6.33 Å². The van der Waals surface area contributed by atoms with E-state index in [1.54, 1.807) is 0 Å². The van der Waals surface area contributed by atoms with E-state index in [-0.39, 0.29) is 0 Å². The molecule has 0 amide bonds. The summed E-state index contributed by atoms with van der Waals surface area (Å²) in [7, 11) is 0. The summed E-state index contributed by atoms with van der Waals surface area (Å²) in [6, 6.07) is 2.10. The van der Waals surface area contributed by atoms with E-state index in [0.717, 1.165) is 30.0 Å². The number of nitrogens with zero attached hydrogens (tertiary/aromatic N) is 3. The molecular weight excluding hydrogens is 152 g/mol. The molecule has 0 saturated heterocycles. The molecule has 0 saturated carbocycles. The first-order chi connectivity index (χ1) is 5.92. The molecule has 1 aromatic heterocycles. The Morgan fingerprint density at radius 3 is 3.25 bits per heavy atom. The summed E-state index contributed by atoms with van der Waals surface area (Å²) >= 11 is 0. The van der Waals surface area contributed by atoms with Crippen LogP contribution in [0.1, 0.15) is 17.0 Å². The van der Waals surface area contributed by atoms with Crippen molar-refractivity contribution in [1.29, 1.82) is 5.26 Å². The van der Waals surface area contributed by atoms with Crippen LogP contribution in [0.15, 0.2) is 6.33 Å². The number of nitriles is 1. The molecule has 60 valence electrons. The minimum atomic E-state index is 0.381. The second-order valence-corrected chi connectivity index (χ2v) is 2.68. The number of rotatable bonds is 1. The first-order valence-electron chi connectivity index (χ1n) is 3.81. The molecule has 12 heavy (non-hydrogen) atoms. The summed E-state index contributed by atoms with van der Waals surface area (Å²) in [4.78, 5) is 8.19. The number of hydrogen-bond donors (Lipinski definition) is 1. The maximum atomic E-state index is 8.52. The molecular formula is C8H8N4. The predicted octanol–water partition coefficient (Wildman–Crippen LogP) is 0.146. The fourth-order valence-electron chi connectivity index (χ4n) is 1.38. The monoisotopic (exact) mass is 160 g/mol. The van der Waals surface area contributed by atoms with Gasteiger partial charge in [0.05, 0.1) is 23.9 Å². The normalized spacial score (nSPS) is 13.9. The van der Waals surface area contributed by atoms with Gasteiger partial charge in [0.15, 0.2) is 0 Å². The molecule has 1 N–H and O–H groups in total. The Morgan fingerprint density at radius 2 is 2.42 bits per heavy atom. The molecule has 0 aromatic carbocycles. The molecule has 2 heterocycles. The lowest BCUT2D eigenvalue weighted by molar-refractivity contribution is 0.756. The minimum absolute atomic E-state index is 0.381. The van der Waals surface area contributed by atoms with Crippen LogP contribution in [0, 0.1) is 11.3 Å². The van der Waals surface area contributed by atoms with Gasteiger partial charge in [-0.3, -0.25) is 0 Å². The highest BCUT2D eigenvalue weighted by atomic mass is 15.0. The summed E-state index contributed by atoms with van der Waals surface area (Å²) in [6.45, 7) is 1.60. The Kier molecular flexibility index (Phi) is 1.72. The largest absolute Gasteiger partial charge is 0.307 e. The summed E-state index contributed by atoms with van der Waals surface area (Å²) in [6.07, 6.45) is 1.91. The highest BCUT2D eigenvalue weighted by Gasteiger charge is 2.15. The van der Waals surface area contributed by atoms with Crippen molar-refractivity contribution in [2.24, 2.45) is 0 Å². The summed E-state index contributed by atoms with van der Waals surface area (Å²) in [5, 5.41) is 11.7. The maximum Gasteiger partial charge on any atom is 0.116 e. The summed E-state index contributed by atoms with van der Waals surface area (Å²) in [5.74, 6) is 0. The first-order valence-corrected chi connectivity index (χ1v) is 3.81. The van der Waals surface area contributed by atoms with Crippen LogP contribution in [-0.4, -0.2) is 9.97 Å². The van der Waals surface area contributed by atoms with Gasteiger partial charge in [0, 0.05) is 18.7 Å².